The number of piperazine rings is 1. The summed E-state index contributed by atoms with van der Waals surface area (Å²) in [6, 6.07) is 22.1. The molecule has 1 amide bonds. The van der Waals surface area contributed by atoms with Crippen LogP contribution in [-0.4, -0.2) is 42.3 Å². The number of hydrogen-bond acceptors (Lipinski definition) is 5. The molecule has 0 saturated carbocycles. The van der Waals surface area contributed by atoms with E-state index in [9.17, 15) is 4.79 Å². The van der Waals surface area contributed by atoms with Gasteiger partial charge in [-0.05, 0) is 61.4 Å². The lowest BCUT2D eigenvalue weighted by molar-refractivity contribution is -0.125. The first kappa shape index (κ1) is 20.4. The Morgan fingerprint density at radius 1 is 1.03 bits per heavy atom. The highest BCUT2D eigenvalue weighted by molar-refractivity contribution is 9.10. The fraction of sp³-hybridized carbons (Fsp3) is 0.269. The Kier molecular flexibility index (Phi) is 4.76. The number of hydrazone groups is 1. The third-order valence-corrected chi connectivity index (χ3v) is 7.71. The summed E-state index contributed by atoms with van der Waals surface area (Å²) in [7, 11) is 0. The predicted molar refractivity (Wildman–Crippen MR) is 135 cm³/mol. The number of carbonyl (C=O) groups is 1. The summed E-state index contributed by atoms with van der Waals surface area (Å²) in [5, 5.41) is 6.44. The van der Waals surface area contributed by atoms with Gasteiger partial charge in [-0.3, -0.25) is 4.79 Å². The second kappa shape index (κ2) is 7.70. The number of halogens is 1. The zero-order chi connectivity index (χ0) is 22.6. The molecule has 1 spiro atoms. The summed E-state index contributed by atoms with van der Waals surface area (Å²) >= 11 is 3.63. The first-order chi connectivity index (χ1) is 16.1. The Hall–Kier alpha value is -3.19. The molecule has 2 unspecified atom stereocenters. The predicted octanol–water partition coefficient (Wildman–Crippen LogP) is 4.50. The molecule has 3 aliphatic rings. The molecule has 0 radical (unpaired) electrons. The van der Waals surface area contributed by atoms with Crippen LogP contribution in [0.2, 0.25) is 0 Å². The maximum Gasteiger partial charge on any atom is 0.261 e. The molecule has 3 aromatic rings. The number of hydrogen-bond donors (Lipinski definition) is 0. The van der Waals surface area contributed by atoms with E-state index < -0.39 is 5.41 Å². The van der Waals surface area contributed by atoms with Crippen LogP contribution in [0.3, 0.4) is 0 Å². The van der Waals surface area contributed by atoms with Gasteiger partial charge in [-0.15, -0.1) is 0 Å². The van der Waals surface area contributed by atoms with Crippen LogP contribution in [0.1, 0.15) is 12.5 Å². The van der Waals surface area contributed by atoms with Crippen molar-refractivity contribution in [1.82, 2.24) is 4.98 Å². The minimum atomic E-state index is -0.725. The minimum absolute atomic E-state index is 0.0353. The lowest BCUT2D eigenvalue weighted by Crippen LogP contribution is -2.67. The van der Waals surface area contributed by atoms with Crippen molar-refractivity contribution in [1.29, 1.82) is 0 Å². The van der Waals surface area contributed by atoms with Gasteiger partial charge in [0, 0.05) is 36.0 Å². The van der Waals surface area contributed by atoms with Crippen LogP contribution in [-0.2, 0) is 11.2 Å². The molecule has 0 bridgehead atoms. The maximum atomic E-state index is 14.2. The van der Waals surface area contributed by atoms with Crippen LogP contribution in [0.5, 0.6) is 0 Å². The van der Waals surface area contributed by atoms with E-state index in [0.717, 1.165) is 34.8 Å². The highest BCUT2D eigenvalue weighted by Gasteiger charge is 2.60. The van der Waals surface area contributed by atoms with Gasteiger partial charge in [-0.25, -0.2) is 4.98 Å². The fourth-order valence-corrected chi connectivity index (χ4v) is 6.00. The molecule has 1 fully saturated rings. The van der Waals surface area contributed by atoms with E-state index in [0.29, 0.717) is 13.0 Å². The molecule has 6 rings (SSSR count). The highest BCUT2D eigenvalue weighted by atomic mass is 79.9. The quantitative estimate of drug-likeness (QED) is 0.518. The van der Waals surface area contributed by atoms with E-state index in [1.165, 1.54) is 11.3 Å². The Balaban J connectivity index is 1.47. The van der Waals surface area contributed by atoms with Gasteiger partial charge in [0.25, 0.3) is 5.91 Å². The van der Waals surface area contributed by atoms with E-state index in [4.69, 9.17) is 5.10 Å². The van der Waals surface area contributed by atoms with Crippen LogP contribution < -0.4 is 14.8 Å². The number of nitrogens with zero attached hydrogens (tertiary/aromatic N) is 5. The number of para-hydroxylation sites is 1. The summed E-state index contributed by atoms with van der Waals surface area (Å²) in [5.74, 6) is 1.00. The Morgan fingerprint density at radius 2 is 1.85 bits per heavy atom. The number of benzene rings is 2. The van der Waals surface area contributed by atoms with Crippen molar-refractivity contribution in [2.24, 2.45) is 10.5 Å². The first-order valence-electron chi connectivity index (χ1n) is 11.2. The van der Waals surface area contributed by atoms with Crippen LogP contribution in [0.25, 0.3) is 0 Å². The minimum Gasteiger partial charge on any atom is -0.363 e. The standard InChI is InChI=1S/C26H24BrN5O/c1-18-26(25(33)32(29-18)21-7-3-2-4-8-21)16-19-15-20(27)10-11-22(19)31-14-13-30(17-23(26)31)24-9-5-6-12-28-24/h2-12,15,23H,13-14,16-17H2,1H3. The molecular weight excluding hydrogens is 478 g/mol. The van der Waals surface area contributed by atoms with E-state index in [-0.39, 0.29) is 11.9 Å². The molecule has 0 aliphatic carbocycles. The van der Waals surface area contributed by atoms with Gasteiger partial charge >= 0.3 is 0 Å². The lowest BCUT2D eigenvalue weighted by Gasteiger charge is -2.53. The molecule has 2 atom stereocenters. The van der Waals surface area contributed by atoms with E-state index in [1.54, 1.807) is 5.01 Å². The summed E-state index contributed by atoms with van der Waals surface area (Å²) in [6.07, 6.45) is 2.46. The molecule has 1 aromatic heterocycles. The van der Waals surface area contributed by atoms with E-state index >= 15 is 0 Å². The number of amides is 1. The third-order valence-electron chi connectivity index (χ3n) is 7.21. The molecule has 3 aliphatic heterocycles. The molecule has 166 valence electrons. The zero-order valence-electron chi connectivity index (χ0n) is 18.4. The molecular formula is C26H24BrN5O. The van der Waals surface area contributed by atoms with Crippen molar-refractivity contribution in [3.05, 3.63) is 83.0 Å². The smallest absolute Gasteiger partial charge is 0.261 e. The summed E-state index contributed by atoms with van der Waals surface area (Å²) in [4.78, 5) is 23.5. The van der Waals surface area contributed by atoms with Crippen molar-refractivity contribution in [2.45, 2.75) is 19.4 Å². The summed E-state index contributed by atoms with van der Waals surface area (Å²) < 4.78 is 1.03. The molecule has 4 heterocycles. The van der Waals surface area contributed by atoms with Crippen LogP contribution in [0, 0.1) is 5.41 Å². The number of aromatic nitrogens is 1. The van der Waals surface area contributed by atoms with Gasteiger partial charge in [-0.2, -0.15) is 10.1 Å². The Morgan fingerprint density at radius 3 is 2.64 bits per heavy atom. The van der Waals surface area contributed by atoms with Crippen LogP contribution >= 0.6 is 15.9 Å². The Labute approximate surface area is 201 Å². The second-order valence-corrected chi connectivity index (χ2v) is 9.82. The summed E-state index contributed by atoms with van der Waals surface area (Å²) in [5.41, 5.74) is 3.36. The largest absolute Gasteiger partial charge is 0.363 e. The number of fused-ring (bicyclic) bond motifs is 4. The van der Waals surface area contributed by atoms with Crippen molar-refractivity contribution in [3.63, 3.8) is 0 Å². The normalized spacial score (nSPS) is 24.1. The van der Waals surface area contributed by atoms with Gasteiger partial charge in [0.15, 0.2) is 0 Å². The zero-order valence-corrected chi connectivity index (χ0v) is 19.9. The van der Waals surface area contributed by atoms with Gasteiger partial charge in [0.2, 0.25) is 0 Å². The molecule has 7 heteroatoms. The lowest BCUT2D eigenvalue weighted by atomic mass is 9.67. The molecule has 1 saturated heterocycles. The van der Waals surface area contributed by atoms with Gasteiger partial charge < -0.3 is 9.80 Å². The SMILES string of the molecule is CC1=NN(c2ccccc2)C(=O)C12Cc1cc(Br)ccc1N1CCN(c3ccccn3)CC12. The first-order valence-corrected chi connectivity index (χ1v) is 12.0. The molecule has 0 N–H and O–H groups in total. The topological polar surface area (TPSA) is 52.0 Å². The average Bonchev–Trinajstić information content (AvgIpc) is 3.10. The van der Waals surface area contributed by atoms with Crippen molar-refractivity contribution < 1.29 is 4.79 Å². The van der Waals surface area contributed by atoms with Crippen molar-refractivity contribution in [2.75, 3.05) is 34.4 Å². The van der Waals surface area contributed by atoms with Gasteiger partial charge in [0.05, 0.1) is 17.4 Å². The fourth-order valence-electron chi connectivity index (χ4n) is 5.60. The molecule has 6 nitrogen and oxygen atoms in total. The van der Waals surface area contributed by atoms with Gasteiger partial charge in [-0.1, -0.05) is 40.2 Å². The van der Waals surface area contributed by atoms with E-state index in [1.807, 2.05) is 61.7 Å². The number of rotatable bonds is 2. The van der Waals surface area contributed by atoms with Crippen molar-refractivity contribution >= 4 is 44.7 Å². The monoisotopic (exact) mass is 501 g/mol. The number of pyridine rings is 1. The van der Waals surface area contributed by atoms with E-state index in [2.05, 4.69) is 48.9 Å². The summed E-state index contributed by atoms with van der Waals surface area (Å²) in [6.45, 7) is 4.41. The highest BCUT2D eigenvalue weighted by Crippen LogP contribution is 2.48. The van der Waals surface area contributed by atoms with Gasteiger partial charge in [0.1, 0.15) is 11.2 Å². The molecule has 33 heavy (non-hydrogen) atoms. The van der Waals surface area contributed by atoms with Crippen LogP contribution in [0.15, 0.2) is 82.5 Å². The third kappa shape index (κ3) is 3.09. The maximum absolute atomic E-state index is 14.2. The Bertz CT molecular complexity index is 1250. The average molecular weight is 502 g/mol. The van der Waals surface area contributed by atoms with Crippen LogP contribution in [0.4, 0.5) is 17.2 Å². The number of carbonyl (C=O) groups excluding carboxylic acids is 1. The number of anilines is 3. The molecule has 2 aromatic carbocycles. The van der Waals surface area contributed by atoms with Crippen molar-refractivity contribution in [3.8, 4) is 0 Å². The second-order valence-electron chi connectivity index (χ2n) is 8.90.